The number of fused-ring (bicyclic) bond motifs is 1. The molecule has 6 heteroatoms. The molecule has 0 N–H and O–H groups in total. The average Bonchev–Trinajstić information content (AvgIpc) is 3.34. The maximum atomic E-state index is 13.0. The van der Waals surface area contributed by atoms with Crippen LogP contribution in [0.15, 0.2) is 54.6 Å². The lowest BCUT2D eigenvalue weighted by Crippen LogP contribution is -2.39. The number of amides is 3. The quantitative estimate of drug-likeness (QED) is 0.680. The van der Waals surface area contributed by atoms with Gasteiger partial charge in [0, 0.05) is 32.7 Å². The van der Waals surface area contributed by atoms with Crippen LogP contribution in [0.5, 0.6) is 0 Å². The van der Waals surface area contributed by atoms with E-state index in [-0.39, 0.29) is 36.8 Å². The molecule has 4 rings (SSSR count). The lowest BCUT2D eigenvalue weighted by atomic mass is 10.1. The molecule has 0 aromatic heterocycles. The van der Waals surface area contributed by atoms with Gasteiger partial charge in [-0.1, -0.05) is 42.5 Å². The van der Waals surface area contributed by atoms with Crippen LogP contribution in [0, 0.1) is 0 Å². The summed E-state index contributed by atoms with van der Waals surface area (Å²) >= 11 is 0. The number of nitrogens with zero attached hydrogens (tertiary/aromatic N) is 2. The van der Waals surface area contributed by atoms with Crippen LogP contribution < -0.4 is 0 Å². The second-order valence-electron chi connectivity index (χ2n) is 7.45. The van der Waals surface area contributed by atoms with Gasteiger partial charge in [0.25, 0.3) is 11.8 Å². The minimum Gasteiger partial charge on any atom is -0.376 e. The zero-order valence-electron chi connectivity index (χ0n) is 16.3. The fraction of sp³-hybridized carbons (Fsp3) is 0.348. The Balaban J connectivity index is 1.42. The van der Waals surface area contributed by atoms with E-state index >= 15 is 0 Å². The van der Waals surface area contributed by atoms with E-state index < -0.39 is 0 Å². The van der Waals surface area contributed by atoms with E-state index in [0.29, 0.717) is 24.2 Å². The predicted octanol–water partition coefficient (Wildman–Crippen LogP) is 2.88. The van der Waals surface area contributed by atoms with Gasteiger partial charge in [-0.3, -0.25) is 19.3 Å². The van der Waals surface area contributed by atoms with E-state index in [4.69, 9.17) is 4.74 Å². The van der Waals surface area contributed by atoms with Crippen molar-refractivity contribution in [1.82, 2.24) is 9.80 Å². The van der Waals surface area contributed by atoms with Gasteiger partial charge in [0.05, 0.1) is 17.2 Å². The first-order valence-electron chi connectivity index (χ1n) is 10.0. The molecule has 0 radical (unpaired) electrons. The molecule has 1 saturated heterocycles. The Morgan fingerprint density at radius 1 is 1.00 bits per heavy atom. The Morgan fingerprint density at radius 2 is 1.66 bits per heavy atom. The summed E-state index contributed by atoms with van der Waals surface area (Å²) in [5.74, 6) is -0.736. The molecule has 1 fully saturated rings. The van der Waals surface area contributed by atoms with Crippen molar-refractivity contribution in [3.8, 4) is 0 Å². The second-order valence-corrected chi connectivity index (χ2v) is 7.45. The molecule has 2 heterocycles. The van der Waals surface area contributed by atoms with Crippen molar-refractivity contribution < 1.29 is 19.1 Å². The maximum absolute atomic E-state index is 13.0. The van der Waals surface area contributed by atoms with Gasteiger partial charge in [-0.15, -0.1) is 0 Å². The zero-order valence-corrected chi connectivity index (χ0v) is 16.3. The lowest BCUT2D eigenvalue weighted by molar-refractivity contribution is -0.133. The van der Waals surface area contributed by atoms with Gasteiger partial charge >= 0.3 is 0 Å². The number of carbonyl (C=O) groups excluding carboxylic acids is 3. The van der Waals surface area contributed by atoms with Crippen LogP contribution in [0.4, 0.5) is 0 Å². The van der Waals surface area contributed by atoms with Crippen LogP contribution in [0.2, 0.25) is 0 Å². The highest BCUT2D eigenvalue weighted by Gasteiger charge is 2.35. The minimum absolute atomic E-state index is 0.0435. The molecule has 150 valence electrons. The van der Waals surface area contributed by atoms with Gasteiger partial charge in [-0.2, -0.15) is 0 Å². The summed E-state index contributed by atoms with van der Waals surface area (Å²) < 4.78 is 5.71. The van der Waals surface area contributed by atoms with Crippen LogP contribution in [-0.2, 0) is 16.1 Å². The number of hydrogen-bond donors (Lipinski definition) is 0. The lowest BCUT2D eigenvalue weighted by Gasteiger charge is -2.26. The monoisotopic (exact) mass is 392 g/mol. The Hall–Kier alpha value is -2.99. The summed E-state index contributed by atoms with van der Waals surface area (Å²) in [5, 5.41) is 0. The highest BCUT2D eigenvalue weighted by molar-refractivity contribution is 6.21. The smallest absolute Gasteiger partial charge is 0.261 e. The number of imide groups is 1. The van der Waals surface area contributed by atoms with Gasteiger partial charge in [0.2, 0.25) is 5.91 Å². The SMILES string of the molecule is O=C(CCN1C(=O)c2ccccc2C1=O)N(Cc1ccccc1)CC1CCCO1. The van der Waals surface area contributed by atoms with Gasteiger partial charge in [-0.05, 0) is 30.5 Å². The number of benzene rings is 2. The van der Waals surface area contributed by atoms with Crippen LogP contribution in [-0.4, -0.2) is 53.3 Å². The normalized spacial score (nSPS) is 18.2. The molecule has 0 bridgehead atoms. The van der Waals surface area contributed by atoms with Crippen molar-refractivity contribution in [3.05, 3.63) is 71.3 Å². The highest BCUT2D eigenvalue weighted by Crippen LogP contribution is 2.23. The van der Waals surface area contributed by atoms with E-state index in [0.717, 1.165) is 25.0 Å². The maximum Gasteiger partial charge on any atom is 0.261 e. The first-order chi connectivity index (χ1) is 14.1. The largest absolute Gasteiger partial charge is 0.376 e. The highest BCUT2D eigenvalue weighted by atomic mass is 16.5. The summed E-state index contributed by atoms with van der Waals surface area (Å²) in [4.78, 5) is 41.0. The molecule has 6 nitrogen and oxygen atoms in total. The first-order valence-corrected chi connectivity index (χ1v) is 10.0. The van der Waals surface area contributed by atoms with E-state index in [9.17, 15) is 14.4 Å². The van der Waals surface area contributed by atoms with Crippen molar-refractivity contribution in [2.45, 2.75) is 31.9 Å². The molecular weight excluding hydrogens is 368 g/mol. The summed E-state index contributed by atoms with van der Waals surface area (Å²) in [6, 6.07) is 16.6. The molecular formula is C23H24N2O4. The van der Waals surface area contributed by atoms with Crippen molar-refractivity contribution in [3.63, 3.8) is 0 Å². The number of ether oxygens (including phenoxy) is 1. The molecule has 2 aromatic rings. The van der Waals surface area contributed by atoms with E-state index in [1.54, 1.807) is 29.2 Å². The third-order valence-corrected chi connectivity index (χ3v) is 5.44. The standard InChI is InChI=1S/C23H24N2O4/c26-21(12-13-25-22(27)19-10-4-5-11-20(19)23(25)28)24(16-18-9-6-14-29-18)15-17-7-2-1-3-8-17/h1-5,7-8,10-11,18H,6,9,12-16H2. The minimum atomic E-state index is -0.327. The number of carbonyl (C=O) groups is 3. The molecule has 1 atom stereocenters. The molecule has 3 amide bonds. The van der Waals surface area contributed by atoms with Crippen LogP contribution in [0.3, 0.4) is 0 Å². The summed E-state index contributed by atoms with van der Waals surface area (Å²) in [7, 11) is 0. The Labute approximate surface area is 170 Å². The molecule has 2 aromatic carbocycles. The van der Waals surface area contributed by atoms with Gasteiger partial charge < -0.3 is 9.64 Å². The third-order valence-electron chi connectivity index (χ3n) is 5.44. The number of hydrogen-bond acceptors (Lipinski definition) is 4. The van der Waals surface area contributed by atoms with E-state index in [1.807, 2.05) is 30.3 Å². The van der Waals surface area contributed by atoms with E-state index in [2.05, 4.69) is 0 Å². The Bertz CT molecular complexity index is 871. The van der Waals surface area contributed by atoms with Gasteiger partial charge in [0.1, 0.15) is 0 Å². The van der Waals surface area contributed by atoms with Crippen molar-refractivity contribution in [2.75, 3.05) is 19.7 Å². The topological polar surface area (TPSA) is 66.9 Å². The third kappa shape index (κ3) is 4.22. The molecule has 1 unspecified atom stereocenters. The van der Waals surface area contributed by atoms with Crippen LogP contribution in [0.1, 0.15) is 45.5 Å². The van der Waals surface area contributed by atoms with Crippen LogP contribution >= 0.6 is 0 Å². The van der Waals surface area contributed by atoms with Crippen molar-refractivity contribution in [2.24, 2.45) is 0 Å². The molecule has 29 heavy (non-hydrogen) atoms. The molecule has 2 aliphatic rings. The molecule has 0 aliphatic carbocycles. The fourth-order valence-corrected chi connectivity index (χ4v) is 3.90. The predicted molar refractivity (Wildman–Crippen MR) is 107 cm³/mol. The molecule has 0 saturated carbocycles. The summed E-state index contributed by atoms with van der Waals surface area (Å²) in [6.07, 6.45) is 2.09. The average molecular weight is 392 g/mol. The summed E-state index contributed by atoms with van der Waals surface area (Å²) in [5.41, 5.74) is 1.86. The number of rotatable bonds is 7. The Kier molecular flexibility index (Phi) is 5.71. The van der Waals surface area contributed by atoms with E-state index in [1.165, 1.54) is 4.90 Å². The van der Waals surface area contributed by atoms with Gasteiger partial charge in [0.15, 0.2) is 0 Å². The summed E-state index contributed by atoms with van der Waals surface area (Å²) in [6.45, 7) is 1.83. The van der Waals surface area contributed by atoms with Crippen LogP contribution in [0.25, 0.3) is 0 Å². The fourth-order valence-electron chi connectivity index (χ4n) is 3.90. The first kappa shape index (κ1) is 19.3. The second kappa shape index (κ2) is 8.57. The Morgan fingerprint density at radius 3 is 2.28 bits per heavy atom. The van der Waals surface area contributed by atoms with Crippen molar-refractivity contribution >= 4 is 17.7 Å². The van der Waals surface area contributed by atoms with Crippen molar-refractivity contribution in [1.29, 1.82) is 0 Å². The van der Waals surface area contributed by atoms with Gasteiger partial charge in [-0.25, -0.2) is 0 Å². The molecule has 2 aliphatic heterocycles. The zero-order chi connectivity index (χ0) is 20.2. The molecule has 0 spiro atoms.